The molecule has 0 spiro atoms. The number of nitro benzene ring substituents is 1. The molecule has 0 aliphatic rings. The zero-order chi connectivity index (χ0) is 17.9. The van der Waals surface area contributed by atoms with Crippen LogP contribution in [0.5, 0.6) is 0 Å². The molecule has 0 aliphatic carbocycles. The first-order valence-electron chi connectivity index (χ1n) is 8.02. The summed E-state index contributed by atoms with van der Waals surface area (Å²) in [5.41, 5.74) is 4.40. The molecule has 0 saturated carbocycles. The number of rotatable bonds is 4. The van der Waals surface area contributed by atoms with Crippen LogP contribution in [0.15, 0.2) is 84.1 Å². The van der Waals surface area contributed by atoms with E-state index in [0.717, 1.165) is 28.2 Å². The van der Waals surface area contributed by atoms with Gasteiger partial charge in [0.25, 0.3) is 5.69 Å². The molecule has 2 heterocycles. The highest BCUT2D eigenvalue weighted by Gasteiger charge is 2.05. The third-order valence-corrected chi connectivity index (χ3v) is 3.97. The Labute approximate surface area is 149 Å². The monoisotopic (exact) mass is 342 g/mol. The summed E-state index contributed by atoms with van der Waals surface area (Å²) in [5.74, 6) is 0. The summed E-state index contributed by atoms with van der Waals surface area (Å²) in [4.78, 5) is 19.4. The minimum Gasteiger partial charge on any atom is -0.306 e. The molecule has 6 heteroatoms. The van der Waals surface area contributed by atoms with E-state index in [4.69, 9.17) is 0 Å². The lowest BCUT2D eigenvalue weighted by Gasteiger charge is -1.99. The van der Waals surface area contributed by atoms with Crippen LogP contribution in [0.1, 0.15) is 5.56 Å². The van der Waals surface area contributed by atoms with E-state index in [2.05, 4.69) is 9.98 Å². The fourth-order valence-electron chi connectivity index (χ4n) is 2.65. The Kier molecular flexibility index (Phi) is 3.99. The molecule has 0 N–H and O–H groups in total. The number of fused-ring (bicyclic) bond motifs is 1. The summed E-state index contributed by atoms with van der Waals surface area (Å²) in [6, 6.07) is 19.9. The Bertz CT molecular complexity index is 1080. The van der Waals surface area contributed by atoms with Crippen LogP contribution in [0, 0.1) is 10.1 Å². The highest BCUT2D eigenvalue weighted by molar-refractivity contribution is 5.82. The lowest BCUT2D eigenvalue weighted by Crippen LogP contribution is -1.88. The first-order chi connectivity index (χ1) is 12.7. The molecule has 0 saturated heterocycles. The van der Waals surface area contributed by atoms with Crippen LogP contribution in [-0.2, 0) is 0 Å². The Hall–Kier alpha value is -3.80. The van der Waals surface area contributed by atoms with Gasteiger partial charge in [0.2, 0.25) is 0 Å². The number of nitrogens with zero attached hydrogens (tertiary/aromatic N) is 4. The van der Waals surface area contributed by atoms with E-state index in [1.165, 1.54) is 12.1 Å². The first-order valence-corrected chi connectivity index (χ1v) is 8.02. The number of aliphatic imine (C=N–C) groups is 1. The van der Waals surface area contributed by atoms with Gasteiger partial charge in [0.1, 0.15) is 5.65 Å². The largest absolute Gasteiger partial charge is 0.306 e. The Morgan fingerprint density at radius 3 is 2.65 bits per heavy atom. The summed E-state index contributed by atoms with van der Waals surface area (Å²) in [6.07, 6.45) is 5.63. The SMILES string of the molecule is O=[N+]([O-])c1ccc(C=Nc2cccc(-c3cn4ccccc4n3)c2)cc1. The van der Waals surface area contributed by atoms with Crippen LogP contribution in [0.3, 0.4) is 0 Å². The van der Waals surface area contributed by atoms with Crippen molar-refractivity contribution in [2.45, 2.75) is 0 Å². The van der Waals surface area contributed by atoms with Gasteiger partial charge in [-0.2, -0.15) is 0 Å². The van der Waals surface area contributed by atoms with Crippen LogP contribution in [-0.4, -0.2) is 20.5 Å². The molecule has 2 aromatic heterocycles. The summed E-state index contributed by atoms with van der Waals surface area (Å²) in [5, 5.41) is 10.7. The molecule has 0 bridgehead atoms. The van der Waals surface area contributed by atoms with Gasteiger partial charge in [-0.25, -0.2) is 4.98 Å². The van der Waals surface area contributed by atoms with Crippen molar-refractivity contribution >= 4 is 23.2 Å². The van der Waals surface area contributed by atoms with Gasteiger partial charge in [0, 0.05) is 36.3 Å². The first kappa shape index (κ1) is 15.7. The lowest BCUT2D eigenvalue weighted by atomic mass is 10.1. The molecule has 0 amide bonds. The number of nitro groups is 1. The van der Waals surface area contributed by atoms with Gasteiger partial charge in [-0.1, -0.05) is 18.2 Å². The van der Waals surface area contributed by atoms with Crippen molar-refractivity contribution in [1.82, 2.24) is 9.38 Å². The quantitative estimate of drug-likeness (QED) is 0.307. The maximum absolute atomic E-state index is 10.7. The van der Waals surface area contributed by atoms with Crippen molar-refractivity contribution in [2.75, 3.05) is 0 Å². The van der Waals surface area contributed by atoms with Crippen molar-refractivity contribution in [3.63, 3.8) is 0 Å². The normalized spacial score (nSPS) is 11.2. The van der Waals surface area contributed by atoms with Crippen LogP contribution in [0.2, 0.25) is 0 Å². The van der Waals surface area contributed by atoms with Crippen LogP contribution < -0.4 is 0 Å². The van der Waals surface area contributed by atoms with Crippen molar-refractivity contribution in [3.05, 3.63) is 94.8 Å². The second-order valence-corrected chi connectivity index (χ2v) is 5.75. The molecule has 4 rings (SSSR count). The fraction of sp³-hybridized carbons (Fsp3) is 0. The predicted molar refractivity (Wildman–Crippen MR) is 101 cm³/mol. The minimum atomic E-state index is -0.417. The van der Waals surface area contributed by atoms with E-state index in [9.17, 15) is 10.1 Å². The van der Waals surface area contributed by atoms with Gasteiger partial charge < -0.3 is 4.40 Å². The number of pyridine rings is 1. The van der Waals surface area contributed by atoms with Crippen molar-refractivity contribution < 1.29 is 4.92 Å². The third-order valence-electron chi connectivity index (χ3n) is 3.97. The number of aromatic nitrogens is 2. The maximum atomic E-state index is 10.7. The average molecular weight is 342 g/mol. The molecule has 4 aromatic rings. The van der Waals surface area contributed by atoms with Crippen LogP contribution >= 0.6 is 0 Å². The molecule has 0 aliphatic heterocycles. The summed E-state index contributed by atoms with van der Waals surface area (Å²) in [7, 11) is 0. The Morgan fingerprint density at radius 2 is 1.88 bits per heavy atom. The number of hydrogen-bond acceptors (Lipinski definition) is 4. The smallest absolute Gasteiger partial charge is 0.269 e. The van der Waals surface area contributed by atoms with Gasteiger partial charge in [-0.3, -0.25) is 15.1 Å². The second-order valence-electron chi connectivity index (χ2n) is 5.75. The summed E-state index contributed by atoms with van der Waals surface area (Å²) in [6.45, 7) is 0. The zero-order valence-electron chi connectivity index (χ0n) is 13.7. The van der Waals surface area contributed by atoms with E-state index in [-0.39, 0.29) is 5.69 Å². The van der Waals surface area contributed by atoms with Gasteiger partial charge >= 0.3 is 0 Å². The topological polar surface area (TPSA) is 72.8 Å². The molecular formula is C20H14N4O2. The van der Waals surface area contributed by atoms with E-state index in [0.29, 0.717) is 0 Å². The van der Waals surface area contributed by atoms with E-state index in [1.807, 2.05) is 59.3 Å². The maximum Gasteiger partial charge on any atom is 0.269 e. The molecule has 0 atom stereocenters. The van der Waals surface area contributed by atoms with Crippen molar-refractivity contribution in [1.29, 1.82) is 0 Å². The van der Waals surface area contributed by atoms with Gasteiger partial charge in [-0.05, 0) is 42.0 Å². The highest BCUT2D eigenvalue weighted by Crippen LogP contribution is 2.24. The zero-order valence-corrected chi connectivity index (χ0v) is 13.7. The van der Waals surface area contributed by atoms with Gasteiger partial charge in [0.05, 0.1) is 16.3 Å². The Morgan fingerprint density at radius 1 is 1.04 bits per heavy atom. The molecule has 6 nitrogen and oxygen atoms in total. The molecule has 26 heavy (non-hydrogen) atoms. The fourth-order valence-corrected chi connectivity index (χ4v) is 2.65. The minimum absolute atomic E-state index is 0.0657. The number of benzene rings is 2. The predicted octanol–water partition coefficient (Wildman–Crippen LogP) is 4.66. The second kappa shape index (κ2) is 6.60. The third kappa shape index (κ3) is 3.21. The molecule has 0 unspecified atom stereocenters. The Balaban J connectivity index is 1.60. The standard InChI is InChI=1S/C20H14N4O2/c25-24(26)18-9-7-15(8-10-18)13-21-17-5-3-4-16(12-17)19-14-23-11-2-1-6-20(23)22-19/h1-14H. The lowest BCUT2D eigenvalue weighted by molar-refractivity contribution is -0.384. The van der Waals surface area contributed by atoms with E-state index < -0.39 is 4.92 Å². The molecular weight excluding hydrogens is 328 g/mol. The van der Waals surface area contributed by atoms with Crippen molar-refractivity contribution in [2.24, 2.45) is 4.99 Å². The van der Waals surface area contributed by atoms with Crippen LogP contribution in [0.4, 0.5) is 11.4 Å². The van der Waals surface area contributed by atoms with E-state index >= 15 is 0 Å². The van der Waals surface area contributed by atoms with Gasteiger partial charge in [-0.15, -0.1) is 0 Å². The molecule has 126 valence electrons. The average Bonchev–Trinajstić information content (AvgIpc) is 3.11. The van der Waals surface area contributed by atoms with Gasteiger partial charge in [0.15, 0.2) is 0 Å². The number of hydrogen-bond donors (Lipinski definition) is 0. The molecule has 0 fully saturated rings. The van der Waals surface area contributed by atoms with Crippen LogP contribution in [0.25, 0.3) is 16.9 Å². The van der Waals surface area contributed by atoms with E-state index in [1.54, 1.807) is 18.3 Å². The summed E-state index contributed by atoms with van der Waals surface area (Å²) >= 11 is 0. The number of imidazole rings is 1. The highest BCUT2D eigenvalue weighted by atomic mass is 16.6. The van der Waals surface area contributed by atoms with Crippen molar-refractivity contribution in [3.8, 4) is 11.3 Å². The number of non-ortho nitro benzene ring substituents is 1. The molecule has 2 aromatic carbocycles. The molecule has 0 radical (unpaired) electrons. The summed E-state index contributed by atoms with van der Waals surface area (Å²) < 4.78 is 1.97.